The van der Waals surface area contributed by atoms with Crippen LogP contribution in [0.5, 0.6) is 5.75 Å². The van der Waals surface area contributed by atoms with Gasteiger partial charge in [0.05, 0.1) is 22.8 Å². The van der Waals surface area contributed by atoms with Gasteiger partial charge in [-0.1, -0.05) is 54.1 Å². The molecule has 150 valence electrons. The fourth-order valence-electron chi connectivity index (χ4n) is 2.81. The van der Waals surface area contributed by atoms with Crippen molar-refractivity contribution in [2.45, 2.75) is 25.9 Å². The fraction of sp³-hybridized carbons (Fsp3) is 0.227. The maximum atomic E-state index is 11.5. The molecule has 0 bridgehead atoms. The summed E-state index contributed by atoms with van der Waals surface area (Å²) in [4.78, 5) is 20.1. The lowest BCUT2D eigenvalue weighted by Gasteiger charge is -2.16. The van der Waals surface area contributed by atoms with Crippen LogP contribution in [0.2, 0.25) is 5.02 Å². The van der Waals surface area contributed by atoms with Crippen LogP contribution in [0.1, 0.15) is 28.5 Å². The number of para-hydroxylation sites is 1. The van der Waals surface area contributed by atoms with E-state index in [4.69, 9.17) is 16.3 Å². The molecule has 29 heavy (non-hydrogen) atoms. The lowest BCUT2D eigenvalue weighted by atomic mass is 10.1. The maximum Gasteiger partial charge on any atom is 0.339 e. The SMILES string of the molecule is C[C@@H](CNc1ncc(C(=O)O)c(CCc2ccccc2)n1)Oc1ccccc1Cl. The lowest BCUT2D eigenvalue weighted by molar-refractivity contribution is 0.0694. The number of aromatic carboxylic acids is 1. The van der Waals surface area contributed by atoms with E-state index < -0.39 is 5.97 Å². The van der Waals surface area contributed by atoms with Crippen molar-refractivity contribution in [3.05, 3.63) is 82.6 Å². The van der Waals surface area contributed by atoms with E-state index in [1.54, 1.807) is 12.1 Å². The van der Waals surface area contributed by atoms with Gasteiger partial charge in [0, 0.05) is 6.20 Å². The summed E-state index contributed by atoms with van der Waals surface area (Å²) in [6.07, 6.45) is 2.36. The van der Waals surface area contributed by atoms with Gasteiger partial charge in [0.25, 0.3) is 0 Å². The molecular weight excluding hydrogens is 390 g/mol. The van der Waals surface area contributed by atoms with Crippen molar-refractivity contribution in [2.24, 2.45) is 0 Å². The lowest BCUT2D eigenvalue weighted by Crippen LogP contribution is -2.24. The molecule has 2 N–H and O–H groups in total. The van der Waals surface area contributed by atoms with E-state index in [2.05, 4.69) is 15.3 Å². The minimum atomic E-state index is -1.03. The van der Waals surface area contributed by atoms with Gasteiger partial charge >= 0.3 is 5.97 Å². The third kappa shape index (κ3) is 5.93. The summed E-state index contributed by atoms with van der Waals surface area (Å²) in [5, 5.41) is 13.1. The molecule has 0 fully saturated rings. The Balaban J connectivity index is 1.64. The molecule has 0 saturated heterocycles. The Morgan fingerprint density at radius 1 is 1.14 bits per heavy atom. The van der Waals surface area contributed by atoms with Gasteiger partial charge in [-0.15, -0.1) is 0 Å². The van der Waals surface area contributed by atoms with Crippen LogP contribution in [0.25, 0.3) is 0 Å². The van der Waals surface area contributed by atoms with Gasteiger partial charge in [-0.3, -0.25) is 0 Å². The molecule has 3 rings (SSSR count). The topological polar surface area (TPSA) is 84.3 Å². The summed E-state index contributed by atoms with van der Waals surface area (Å²) in [7, 11) is 0. The summed E-state index contributed by atoms with van der Waals surface area (Å²) in [6, 6.07) is 17.2. The van der Waals surface area contributed by atoms with Gasteiger partial charge < -0.3 is 15.2 Å². The minimum Gasteiger partial charge on any atom is -0.487 e. The molecule has 3 aromatic rings. The number of nitrogens with one attached hydrogen (secondary N) is 1. The van der Waals surface area contributed by atoms with E-state index in [0.717, 1.165) is 5.56 Å². The van der Waals surface area contributed by atoms with Gasteiger partial charge in [-0.2, -0.15) is 0 Å². The largest absolute Gasteiger partial charge is 0.487 e. The molecule has 0 unspecified atom stereocenters. The van der Waals surface area contributed by atoms with Crippen LogP contribution in [0.4, 0.5) is 5.95 Å². The summed E-state index contributed by atoms with van der Waals surface area (Å²) in [6.45, 7) is 2.34. The number of nitrogens with zero attached hydrogens (tertiary/aromatic N) is 2. The normalized spacial score (nSPS) is 11.7. The molecule has 0 aliphatic carbocycles. The number of aryl methyl sites for hydroxylation is 2. The maximum absolute atomic E-state index is 11.5. The Hall–Kier alpha value is -3.12. The van der Waals surface area contributed by atoms with Crippen LogP contribution in [0.3, 0.4) is 0 Å². The molecule has 0 amide bonds. The Morgan fingerprint density at radius 3 is 2.59 bits per heavy atom. The Kier molecular flexibility index (Phi) is 7.03. The first-order valence-electron chi connectivity index (χ1n) is 9.31. The van der Waals surface area contributed by atoms with Gasteiger partial charge in [0.1, 0.15) is 11.9 Å². The summed E-state index contributed by atoms with van der Waals surface area (Å²) >= 11 is 6.11. The first kappa shape index (κ1) is 20.6. The van der Waals surface area contributed by atoms with Crippen LogP contribution in [-0.2, 0) is 12.8 Å². The van der Waals surface area contributed by atoms with Crippen LogP contribution < -0.4 is 10.1 Å². The predicted molar refractivity (Wildman–Crippen MR) is 113 cm³/mol. The van der Waals surface area contributed by atoms with Crippen molar-refractivity contribution in [3.63, 3.8) is 0 Å². The highest BCUT2D eigenvalue weighted by Gasteiger charge is 2.14. The Labute approximate surface area is 174 Å². The number of halogens is 1. The van der Waals surface area contributed by atoms with Gasteiger partial charge in [-0.05, 0) is 37.5 Å². The second kappa shape index (κ2) is 9.89. The number of rotatable bonds is 9. The zero-order valence-electron chi connectivity index (χ0n) is 16.0. The van der Waals surface area contributed by atoms with Crippen LogP contribution in [-0.4, -0.2) is 33.7 Å². The van der Waals surface area contributed by atoms with Crippen molar-refractivity contribution in [2.75, 3.05) is 11.9 Å². The standard InChI is InChI=1S/C22H22ClN3O3/c1-15(29-20-10-6-5-9-18(20)23)13-24-22-25-14-17(21(27)28)19(26-22)12-11-16-7-3-2-4-8-16/h2-10,14-15H,11-13H2,1H3,(H,27,28)(H,24,25,26)/t15-/m0/s1. The third-order valence-electron chi connectivity index (χ3n) is 4.30. The molecule has 1 aromatic heterocycles. The number of benzene rings is 2. The first-order valence-corrected chi connectivity index (χ1v) is 9.69. The third-order valence-corrected chi connectivity index (χ3v) is 4.62. The minimum absolute atomic E-state index is 0.117. The average Bonchev–Trinajstić information content (AvgIpc) is 2.73. The van der Waals surface area contributed by atoms with Crippen molar-refractivity contribution >= 4 is 23.5 Å². The second-order valence-corrected chi connectivity index (χ2v) is 6.99. The summed E-state index contributed by atoms with van der Waals surface area (Å²) in [5.74, 6) is -0.0585. The van der Waals surface area contributed by atoms with Crippen LogP contribution in [0.15, 0.2) is 60.8 Å². The number of aromatic nitrogens is 2. The van der Waals surface area contributed by atoms with Gasteiger partial charge in [0.15, 0.2) is 0 Å². The van der Waals surface area contributed by atoms with E-state index in [9.17, 15) is 9.90 Å². The second-order valence-electron chi connectivity index (χ2n) is 6.58. The Morgan fingerprint density at radius 2 is 1.86 bits per heavy atom. The van der Waals surface area contributed by atoms with E-state index in [0.29, 0.717) is 41.8 Å². The molecular formula is C22H22ClN3O3. The number of hydrogen-bond acceptors (Lipinski definition) is 5. The Bertz CT molecular complexity index is 967. The zero-order chi connectivity index (χ0) is 20.6. The highest BCUT2D eigenvalue weighted by Crippen LogP contribution is 2.24. The number of anilines is 1. The van der Waals surface area contributed by atoms with E-state index >= 15 is 0 Å². The first-order chi connectivity index (χ1) is 14.0. The van der Waals surface area contributed by atoms with Crippen molar-refractivity contribution in [1.29, 1.82) is 0 Å². The van der Waals surface area contributed by atoms with Crippen LogP contribution in [0, 0.1) is 0 Å². The molecule has 1 atom stereocenters. The number of carboxylic acids is 1. The fourth-order valence-corrected chi connectivity index (χ4v) is 2.99. The highest BCUT2D eigenvalue weighted by atomic mass is 35.5. The molecule has 2 aromatic carbocycles. The molecule has 0 radical (unpaired) electrons. The average molecular weight is 412 g/mol. The predicted octanol–water partition coefficient (Wildman–Crippen LogP) is 4.49. The van der Waals surface area contributed by atoms with Gasteiger partial charge in [-0.25, -0.2) is 14.8 Å². The van der Waals surface area contributed by atoms with Crippen molar-refractivity contribution < 1.29 is 14.6 Å². The monoisotopic (exact) mass is 411 g/mol. The number of ether oxygens (including phenoxy) is 1. The molecule has 0 aliphatic rings. The molecule has 7 heteroatoms. The molecule has 0 spiro atoms. The van der Waals surface area contributed by atoms with E-state index in [-0.39, 0.29) is 11.7 Å². The molecule has 1 heterocycles. The van der Waals surface area contributed by atoms with Gasteiger partial charge in [0.2, 0.25) is 5.95 Å². The number of hydrogen-bond donors (Lipinski definition) is 2. The molecule has 0 aliphatic heterocycles. The number of carbonyl (C=O) groups is 1. The quantitative estimate of drug-likeness (QED) is 0.539. The summed E-state index contributed by atoms with van der Waals surface area (Å²) < 4.78 is 5.82. The van der Waals surface area contributed by atoms with Crippen molar-refractivity contribution in [3.8, 4) is 5.75 Å². The number of carboxylic acid groups (broad SMARTS) is 1. The smallest absolute Gasteiger partial charge is 0.339 e. The van der Waals surface area contributed by atoms with E-state index in [1.165, 1.54) is 6.20 Å². The molecule has 0 saturated carbocycles. The van der Waals surface area contributed by atoms with E-state index in [1.807, 2.05) is 49.4 Å². The highest BCUT2D eigenvalue weighted by molar-refractivity contribution is 6.32. The van der Waals surface area contributed by atoms with Crippen molar-refractivity contribution in [1.82, 2.24) is 9.97 Å². The zero-order valence-corrected chi connectivity index (χ0v) is 16.8. The van der Waals surface area contributed by atoms with Crippen LogP contribution >= 0.6 is 11.6 Å². The summed E-state index contributed by atoms with van der Waals surface area (Å²) in [5.41, 5.74) is 1.74. The molecule has 6 nitrogen and oxygen atoms in total.